The van der Waals surface area contributed by atoms with Gasteiger partial charge in [-0.3, -0.25) is 0 Å². The van der Waals surface area contributed by atoms with Gasteiger partial charge in [-0.2, -0.15) is 0 Å². The Hall–Kier alpha value is -0.870. The molecule has 96 valence electrons. The maximum atomic E-state index is 13.5. The first kappa shape index (κ1) is 12.2. The Bertz CT molecular complexity index is 589. The maximum absolute atomic E-state index is 13.5. The summed E-state index contributed by atoms with van der Waals surface area (Å²) in [4.78, 5) is 0. The van der Waals surface area contributed by atoms with Crippen LogP contribution < -0.4 is 5.32 Å². The third kappa shape index (κ3) is 2.08. The Kier molecular flexibility index (Phi) is 3.16. The Morgan fingerprint density at radius 2 is 2.22 bits per heavy atom. The van der Waals surface area contributed by atoms with Crippen molar-refractivity contribution >= 4 is 26.9 Å². The second kappa shape index (κ2) is 4.67. The first-order valence-electron chi connectivity index (χ1n) is 6.31. The predicted molar refractivity (Wildman–Crippen MR) is 73.2 cm³/mol. The highest BCUT2D eigenvalue weighted by Crippen LogP contribution is 2.46. The normalized spacial score (nSPS) is 15.5. The van der Waals surface area contributed by atoms with Gasteiger partial charge in [0, 0.05) is 17.0 Å². The van der Waals surface area contributed by atoms with Crippen molar-refractivity contribution in [3.63, 3.8) is 0 Å². The zero-order chi connectivity index (χ0) is 12.7. The van der Waals surface area contributed by atoms with E-state index in [4.69, 9.17) is 4.42 Å². The molecule has 2 nitrogen and oxygen atoms in total. The maximum Gasteiger partial charge on any atom is 0.141 e. The Morgan fingerprint density at radius 3 is 2.89 bits per heavy atom. The molecule has 0 saturated heterocycles. The number of halogens is 2. The molecule has 0 atom stereocenters. The van der Waals surface area contributed by atoms with Crippen LogP contribution in [-0.4, -0.2) is 6.54 Å². The highest BCUT2D eigenvalue weighted by atomic mass is 79.9. The van der Waals surface area contributed by atoms with Crippen molar-refractivity contribution < 1.29 is 8.81 Å². The zero-order valence-corrected chi connectivity index (χ0v) is 11.8. The molecule has 4 heteroatoms. The van der Waals surface area contributed by atoms with Gasteiger partial charge in [0.25, 0.3) is 0 Å². The molecule has 0 spiro atoms. The van der Waals surface area contributed by atoms with Crippen LogP contribution in [0.25, 0.3) is 11.0 Å². The van der Waals surface area contributed by atoms with Crippen LogP contribution in [0.1, 0.15) is 37.0 Å². The van der Waals surface area contributed by atoms with E-state index in [-0.39, 0.29) is 5.82 Å². The zero-order valence-electron chi connectivity index (χ0n) is 10.2. The van der Waals surface area contributed by atoms with Crippen LogP contribution in [0.4, 0.5) is 4.39 Å². The third-order valence-corrected chi connectivity index (χ3v) is 3.98. The lowest BCUT2D eigenvalue weighted by atomic mass is 10.1. The van der Waals surface area contributed by atoms with Crippen molar-refractivity contribution in [2.24, 2.45) is 0 Å². The van der Waals surface area contributed by atoms with Gasteiger partial charge in [-0.05, 0) is 47.3 Å². The monoisotopic (exact) mass is 311 g/mol. The molecule has 1 saturated carbocycles. The number of hydrogen-bond acceptors (Lipinski definition) is 2. The molecule has 1 aliphatic rings. The minimum absolute atomic E-state index is 0.270. The van der Waals surface area contributed by atoms with Crippen LogP contribution in [0.5, 0.6) is 0 Å². The lowest BCUT2D eigenvalue weighted by Gasteiger charge is -2.01. The molecule has 2 aromatic rings. The highest BCUT2D eigenvalue weighted by Gasteiger charge is 2.31. The molecule has 0 aliphatic heterocycles. The molecule has 0 amide bonds. The van der Waals surface area contributed by atoms with E-state index in [2.05, 4.69) is 28.2 Å². The number of nitrogens with one attached hydrogen (secondary N) is 1. The van der Waals surface area contributed by atoms with Crippen molar-refractivity contribution in [3.05, 3.63) is 33.7 Å². The van der Waals surface area contributed by atoms with Crippen LogP contribution in [0.2, 0.25) is 0 Å². The smallest absolute Gasteiger partial charge is 0.141 e. The summed E-state index contributed by atoms with van der Waals surface area (Å²) in [5, 5.41) is 4.33. The van der Waals surface area contributed by atoms with Gasteiger partial charge in [0.1, 0.15) is 17.2 Å². The van der Waals surface area contributed by atoms with Crippen molar-refractivity contribution in [1.29, 1.82) is 0 Å². The summed E-state index contributed by atoms with van der Waals surface area (Å²) >= 11 is 3.25. The Balaban J connectivity index is 2.13. The largest absolute Gasteiger partial charge is 0.459 e. The van der Waals surface area contributed by atoms with E-state index < -0.39 is 0 Å². The third-order valence-electron chi connectivity index (χ3n) is 3.37. The van der Waals surface area contributed by atoms with Crippen molar-refractivity contribution in [2.75, 3.05) is 6.54 Å². The first-order valence-corrected chi connectivity index (χ1v) is 7.11. The number of furan rings is 1. The average Bonchev–Trinajstić information content (AvgIpc) is 3.11. The first-order chi connectivity index (χ1) is 8.70. The summed E-state index contributed by atoms with van der Waals surface area (Å²) in [5.41, 5.74) is 1.93. The summed E-state index contributed by atoms with van der Waals surface area (Å²) < 4.78 is 19.9. The standard InChI is InChI=1S/C14H15BrFNO/c1-2-17-7-13-14(8-3-4-8)9-5-10(15)11(16)6-12(9)18-13/h5-6,8,17H,2-4,7H2,1H3. The quantitative estimate of drug-likeness (QED) is 0.909. The van der Waals surface area contributed by atoms with Gasteiger partial charge in [0.15, 0.2) is 0 Å². The van der Waals surface area contributed by atoms with Gasteiger partial charge in [-0.25, -0.2) is 4.39 Å². The topological polar surface area (TPSA) is 25.2 Å². The van der Waals surface area contributed by atoms with E-state index >= 15 is 0 Å². The molecule has 1 aliphatic carbocycles. The number of fused-ring (bicyclic) bond motifs is 1. The molecule has 18 heavy (non-hydrogen) atoms. The van der Waals surface area contributed by atoms with Crippen LogP contribution in [0, 0.1) is 5.82 Å². The lowest BCUT2D eigenvalue weighted by molar-refractivity contribution is 0.511. The van der Waals surface area contributed by atoms with Gasteiger partial charge >= 0.3 is 0 Å². The molecule has 3 rings (SSSR count). The molecule has 1 heterocycles. The molecular weight excluding hydrogens is 297 g/mol. The van der Waals surface area contributed by atoms with E-state index in [0.29, 0.717) is 16.0 Å². The highest BCUT2D eigenvalue weighted by molar-refractivity contribution is 9.10. The minimum atomic E-state index is -0.270. The van der Waals surface area contributed by atoms with Crippen LogP contribution in [0.3, 0.4) is 0 Å². The van der Waals surface area contributed by atoms with E-state index in [9.17, 15) is 4.39 Å². The average molecular weight is 312 g/mol. The van der Waals surface area contributed by atoms with Crippen molar-refractivity contribution in [2.45, 2.75) is 32.2 Å². The van der Waals surface area contributed by atoms with Crippen LogP contribution >= 0.6 is 15.9 Å². The van der Waals surface area contributed by atoms with Crippen molar-refractivity contribution in [1.82, 2.24) is 5.32 Å². The van der Waals surface area contributed by atoms with E-state index in [1.807, 2.05) is 6.07 Å². The second-order valence-electron chi connectivity index (χ2n) is 4.76. The molecule has 1 fully saturated rings. The minimum Gasteiger partial charge on any atom is -0.459 e. The molecular formula is C14H15BrFNO. The predicted octanol–water partition coefficient (Wildman–Crippen LogP) is 4.32. The number of rotatable bonds is 4. The number of hydrogen-bond donors (Lipinski definition) is 1. The van der Waals surface area contributed by atoms with Crippen LogP contribution in [-0.2, 0) is 6.54 Å². The molecule has 1 N–H and O–H groups in total. The summed E-state index contributed by atoms with van der Waals surface area (Å²) in [7, 11) is 0. The fourth-order valence-corrected chi connectivity index (χ4v) is 2.69. The fraction of sp³-hybridized carbons (Fsp3) is 0.429. The SMILES string of the molecule is CCNCc1oc2cc(F)c(Br)cc2c1C1CC1. The van der Waals surface area contributed by atoms with E-state index in [1.165, 1.54) is 24.5 Å². The molecule has 0 radical (unpaired) electrons. The van der Waals surface area contributed by atoms with Gasteiger partial charge in [-0.1, -0.05) is 6.92 Å². The molecule has 1 aromatic carbocycles. The Labute approximate surface area is 114 Å². The molecule has 0 bridgehead atoms. The number of benzene rings is 1. The summed E-state index contributed by atoms with van der Waals surface area (Å²) in [5.74, 6) is 1.29. The van der Waals surface area contributed by atoms with Crippen molar-refractivity contribution in [3.8, 4) is 0 Å². The fourth-order valence-electron chi connectivity index (χ4n) is 2.35. The van der Waals surface area contributed by atoms with Gasteiger partial charge in [0.2, 0.25) is 0 Å². The summed E-state index contributed by atoms with van der Waals surface area (Å²) in [6, 6.07) is 3.32. The summed E-state index contributed by atoms with van der Waals surface area (Å²) in [6.45, 7) is 3.69. The lowest BCUT2D eigenvalue weighted by Crippen LogP contribution is -2.12. The Morgan fingerprint density at radius 1 is 1.44 bits per heavy atom. The molecule has 1 aromatic heterocycles. The molecule has 0 unspecified atom stereocenters. The van der Waals surface area contributed by atoms with E-state index in [1.54, 1.807) is 0 Å². The van der Waals surface area contributed by atoms with E-state index in [0.717, 1.165) is 24.2 Å². The van der Waals surface area contributed by atoms with Gasteiger partial charge in [-0.15, -0.1) is 0 Å². The summed E-state index contributed by atoms with van der Waals surface area (Å²) in [6.07, 6.45) is 2.42. The van der Waals surface area contributed by atoms with Crippen LogP contribution in [0.15, 0.2) is 21.0 Å². The van der Waals surface area contributed by atoms with Gasteiger partial charge < -0.3 is 9.73 Å². The van der Waals surface area contributed by atoms with Gasteiger partial charge in [0.05, 0.1) is 11.0 Å². The second-order valence-corrected chi connectivity index (χ2v) is 5.61.